The first-order valence-electron chi connectivity index (χ1n) is 5.20. The van der Waals surface area contributed by atoms with E-state index in [1.807, 2.05) is 18.3 Å². The first-order valence-corrected chi connectivity index (χ1v) is 5.20. The van der Waals surface area contributed by atoms with Crippen LogP contribution in [0.2, 0.25) is 0 Å². The van der Waals surface area contributed by atoms with E-state index in [1.54, 1.807) is 6.20 Å². The predicted octanol–water partition coefficient (Wildman–Crippen LogP) is 0.905. The van der Waals surface area contributed by atoms with Crippen molar-refractivity contribution in [2.24, 2.45) is 0 Å². The Morgan fingerprint density at radius 3 is 3.13 bits per heavy atom. The fraction of sp³-hybridized carbons (Fsp3) is 0.364. The fourth-order valence-corrected chi connectivity index (χ4v) is 2.14. The highest BCUT2D eigenvalue weighted by atomic mass is 16.3. The summed E-state index contributed by atoms with van der Waals surface area (Å²) in [5.41, 5.74) is 0.953. The maximum Gasteiger partial charge on any atom is 0.138 e. The highest BCUT2D eigenvalue weighted by molar-refractivity contribution is 5.52. The number of anilines is 1. The molecule has 1 aliphatic heterocycles. The normalized spacial score (nSPS) is 21.4. The molecule has 3 heterocycles. The van der Waals surface area contributed by atoms with Gasteiger partial charge in [0.15, 0.2) is 0 Å². The van der Waals surface area contributed by atoms with Crippen molar-refractivity contribution in [3.05, 3.63) is 30.6 Å². The van der Waals surface area contributed by atoms with E-state index in [-0.39, 0.29) is 6.10 Å². The van der Waals surface area contributed by atoms with Crippen LogP contribution in [0.3, 0.4) is 0 Å². The Kier molecular flexibility index (Phi) is 1.89. The first-order chi connectivity index (χ1) is 7.34. The fourth-order valence-electron chi connectivity index (χ4n) is 2.14. The molecule has 3 rings (SSSR count). The number of pyridine rings is 1. The van der Waals surface area contributed by atoms with Crippen molar-refractivity contribution in [1.82, 2.24) is 9.38 Å². The lowest BCUT2D eigenvalue weighted by Crippen LogP contribution is -2.23. The summed E-state index contributed by atoms with van der Waals surface area (Å²) < 4.78 is 2.05. The number of β-amino-alcohol motifs (C(OH)–C–C–N with tert-alkyl or cyclic N) is 1. The average Bonchev–Trinajstić information content (AvgIpc) is 2.84. The molecule has 0 bridgehead atoms. The van der Waals surface area contributed by atoms with Crippen LogP contribution in [-0.2, 0) is 0 Å². The number of rotatable bonds is 1. The molecule has 2 aromatic heterocycles. The van der Waals surface area contributed by atoms with Gasteiger partial charge in [-0.05, 0) is 18.6 Å². The minimum Gasteiger partial charge on any atom is -0.391 e. The average molecular weight is 203 g/mol. The van der Waals surface area contributed by atoms with Crippen molar-refractivity contribution in [3.63, 3.8) is 0 Å². The van der Waals surface area contributed by atoms with Gasteiger partial charge in [0, 0.05) is 25.5 Å². The SMILES string of the molecule is O[C@@H]1CCN(c2cccc3nccn23)C1. The minimum absolute atomic E-state index is 0.191. The summed E-state index contributed by atoms with van der Waals surface area (Å²) in [5, 5.41) is 9.52. The summed E-state index contributed by atoms with van der Waals surface area (Å²) in [7, 11) is 0. The number of imidazole rings is 1. The molecule has 0 spiro atoms. The Bertz CT molecular complexity index is 479. The highest BCUT2D eigenvalue weighted by Crippen LogP contribution is 2.21. The van der Waals surface area contributed by atoms with Crippen molar-refractivity contribution in [2.45, 2.75) is 12.5 Å². The summed E-state index contributed by atoms with van der Waals surface area (Å²) in [4.78, 5) is 6.44. The minimum atomic E-state index is -0.191. The van der Waals surface area contributed by atoms with Crippen LogP contribution in [0.25, 0.3) is 5.65 Å². The summed E-state index contributed by atoms with van der Waals surface area (Å²) >= 11 is 0. The van der Waals surface area contributed by atoms with Gasteiger partial charge in [-0.3, -0.25) is 4.40 Å². The van der Waals surface area contributed by atoms with Gasteiger partial charge in [-0.15, -0.1) is 0 Å². The molecule has 0 unspecified atom stereocenters. The van der Waals surface area contributed by atoms with Crippen molar-refractivity contribution >= 4 is 11.5 Å². The molecule has 4 nitrogen and oxygen atoms in total. The Morgan fingerprint density at radius 2 is 2.33 bits per heavy atom. The molecule has 1 fully saturated rings. The first kappa shape index (κ1) is 8.73. The summed E-state index contributed by atoms with van der Waals surface area (Å²) in [6.45, 7) is 1.63. The Balaban J connectivity index is 2.06. The van der Waals surface area contributed by atoms with E-state index in [0.717, 1.165) is 31.0 Å². The smallest absolute Gasteiger partial charge is 0.138 e. The second kappa shape index (κ2) is 3.24. The number of aromatic nitrogens is 2. The highest BCUT2D eigenvalue weighted by Gasteiger charge is 2.21. The second-order valence-electron chi connectivity index (χ2n) is 3.93. The van der Waals surface area contributed by atoms with Crippen LogP contribution in [0.15, 0.2) is 30.6 Å². The standard InChI is InChI=1S/C11H13N3O/c15-9-4-6-13(8-9)11-3-1-2-10-12-5-7-14(10)11/h1-3,5,7,9,15H,4,6,8H2/t9-/m1/s1. The Morgan fingerprint density at radius 1 is 1.40 bits per heavy atom. The molecule has 0 amide bonds. The lowest BCUT2D eigenvalue weighted by molar-refractivity contribution is 0.198. The third-order valence-electron chi connectivity index (χ3n) is 2.89. The van der Waals surface area contributed by atoms with Gasteiger partial charge >= 0.3 is 0 Å². The number of hydrogen-bond donors (Lipinski definition) is 1. The van der Waals surface area contributed by atoms with Gasteiger partial charge in [0.1, 0.15) is 11.5 Å². The molecule has 0 radical (unpaired) electrons. The molecule has 4 heteroatoms. The molecule has 0 aliphatic carbocycles. The van der Waals surface area contributed by atoms with Gasteiger partial charge in [0.05, 0.1) is 6.10 Å². The van der Waals surface area contributed by atoms with Gasteiger partial charge in [-0.25, -0.2) is 4.98 Å². The molecular weight excluding hydrogens is 190 g/mol. The second-order valence-corrected chi connectivity index (χ2v) is 3.93. The Labute approximate surface area is 87.8 Å². The van der Waals surface area contributed by atoms with E-state index in [2.05, 4.69) is 20.4 Å². The van der Waals surface area contributed by atoms with E-state index in [1.165, 1.54) is 0 Å². The van der Waals surface area contributed by atoms with Gasteiger partial charge in [-0.2, -0.15) is 0 Å². The third kappa shape index (κ3) is 1.37. The molecule has 1 saturated heterocycles. The molecule has 78 valence electrons. The molecule has 0 saturated carbocycles. The van der Waals surface area contributed by atoms with Crippen molar-refractivity contribution in [1.29, 1.82) is 0 Å². The molecule has 0 aromatic carbocycles. The summed E-state index contributed by atoms with van der Waals surface area (Å²) in [5.74, 6) is 1.11. The van der Waals surface area contributed by atoms with E-state index in [0.29, 0.717) is 0 Å². The number of nitrogens with zero attached hydrogens (tertiary/aromatic N) is 3. The maximum atomic E-state index is 9.52. The summed E-state index contributed by atoms with van der Waals surface area (Å²) in [6, 6.07) is 6.05. The van der Waals surface area contributed by atoms with E-state index < -0.39 is 0 Å². The van der Waals surface area contributed by atoms with Crippen LogP contribution in [0.4, 0.5) is 5.82 Å². The van der Waals surface area contributed by atoms with Crippen molar-refractivity contribution in [3.8, 4) is 0 Å². The van der Waals surface area contributed by atoms with Crippen LogP contribution in [0.1, 0.15) is 6.42 Å². The van der Waals surface area contributed by atoms with Crippen LogP contribution in [0, 0.1) is 0 Å². The zero-order chi connectivity index (χ0) is 10.3. The van der Waals surface area contributed by atoms with Crippen LogP contribution < -0.4 is 4.90 Å². The Hall–Kier alpha value is -1.55. The van der Waals surface area contributed by atoms with Gasteiger partial charge in [0.25, 0.3) is 0 Å². The van der Waals surface area contributed by atoms with Crippen molar-refractivity contribution in [2.75, 3.05) is 18.0 Å². The molecule has 2 aromatic rings. The molecular formula is C11H13N3O. The lowest BCUT2D eigenvalue weighted by Gasteiger charge is -2.18. The monoisotopic (exact) mass is 203 g/mol. The topological polar surface area (TPSA) is 40.8 Å². The number of aliphatic hydroxyl groups excluding tert-OH is 1. The maximum absolute atomic E-state index is 9.52. The van der Waals surface area contributed by atoms with Crippen LogP contribution in [0.5, 0.6) is 0 Å². The lowest BCUT2D eigenvalue weighted by atomic mass is 10.3. The van der Waals surface area contributed by atoms with Gasteiger partial charge < -0.3 is 10.0 Å². The van der Waals surface area contributed by atoms with E-state index >= 15 is 0 Å². The summed E-state index contributed by atoms with van der Waals surface area (Å²) in [6.07, 6.45) is 4.41. The van der Waals surface area contributed by atoms with Crippen LogP contribution in [-0.4, -0.2) is 33.7 Å². The molecule has 1 N–H and O–H groups in total. The number of fused-ring (bicyclic) bond motifs is 1. The third-order valence-corrected chi connectivity index (χ3v) is 2.89. The molecule has 1 aliphatic rings. The van der Waals surface area contributed by atoms with Crippen LogP contribution >= 0.6 is 0 Å². The van der Waals surface area contributed by atoms with Gasteiger partial charge in [0.2, 0.25) is 0 Å². The molecule has 1 atom stereocenters. The van der Waals surface area contributed by atoms with Crippen molar-refractivity contribution < 1.29 is 5.11 Å². The van der Waals surface area contributed by atoms with Gasteiger partial charge in [-0.1, -0.05) is 6.07 Å². The number of aliphatic hydroxyl groups is 1. The zero-order valence-corrected chi connectivity index (χ0v) is 8.37. The largest absolute Gasteiger partial charge is 0.391 e. The quantitative estimate of drug-likeness (QED) is 0.748. The number of hydrogen-bond acceptors (Lipinski definition) is 3. The van der Waals surface area contributed by atoms with E-state index in [9.17, 15) is 5.11 Å². The zero-order valence-electron chi connectivity index (χ0n) is 8.37. The van der Waals surface area contributed by atoms with E-state index in [4.69, 9.17) is 0 Å². The predicted molar refractivity (Wildman–Crippen MR) is 58.0 cm³/mol. The molecule has 15 heavy (non-hydrogen) atoms.